The first-order chi connectivity index (χ1) is 9.25. The van der Waals surface area contributed by atoms with Gasteiger partial charge in [0.15, 0.2) is 0 Å². The third kappa shape index (κ3) is 2.78. The Labute approximate surface area is 114 Å². The summed E-state index contributed by atoms with van der Waals surface area (Å²) in [5, 5.41) is 3.25. The standard InChI is InChI=1S/C15H21N3O/c1-11(13-8-17-9-13)15(19)18(14-2-3-14)10-12-4-6-16-7-5-12/h4-7,11,13-14,17H,2-3,8-10H2,1H3. The molecule has 0 spiro atoms. The first kappa shape index (κ1) is 12.6. The average Bonchev–Trinajstić information content (AvgIpc) is 3.18. The van der Waals surface area contributed by atoms with E-state index in [2.05, 4.69) is 22.1 Å². The van der Waals surface area contributed by atoms with Crippen molar-refractivity contribution < 1.29 is 4.79 Å². The monoisotopic (exact) mass is 259 g/mol. The van der Waals surface area contributed by atoms with Crippen LogP contribution in [0.25, 0.3) is 0 Å². The lowest BCUT2D eigenvalue weighted by Gasteiger charge is -2.35. The maximum atomic E-state index is 12.6. The second-order valence-electron chi connectivity index (χ2n) is 5.76. The molecule has 2 fully saturated rings. The molecule has 4 heteroatoms. The van der Waals surface area contributed by atoms with E-state index in [0.717, 1.165) is 32.5 Å². The second kappa shape index (κ2) is 5.29. The molecule has 19 heavy (non-hydrogen) atoms. The number of hydrogen-bond acceptors (Lipinski definition) is 3. The lowest BCUT2D eigenvalue weighted by Crippen LogP contribution is -2.50. The van der Waals surface area contributed by atoms with Crippen LogP contribution >= 0.6 is 0 Å². The summed E-state index contributed by atoms with van der Waals surface area (Å²) in [4.78, 5) is 18.8. The van der Waals surface area contributed by atoms with Crippen molar-refractivity contribution in [3.8, 4) is 0 Å². The Morgan fingerprint density at radius 3 is 2.63 bits per heavy atom. The Bertz CT molecular complexity index is 440. The fraction of sp³-hybridized carbons (Fsp3) is 0.600. The summed E-state index contributed by atoms with van der Waals surface area (Å²) in [6, 6.07) is 4.47. The van der Waals surface area contributed by atoms with Crippen molar-refractivity contribution in [2.75, 3.05) is 13.1 Å². The number of nitrogens with zero attached hydrogens (tertiary/aromatic N) is 2. The van der Waals surface area contributed by atoms with Gasteiger partial charge < -0.3 is 10.2 Å². The Balaban J connectivity index is 1.68. The van der Waals surface area contributed by atoms with Crippen LogP contribution in [0.4, 0.5) is 0 Å². The van der Waals surface area contributed by atoms with E-state index in [1.807, 2.05) is 12.1 Å². The molecule has 1 N–H and O–H groups in total. The Kier molecular flexibility index (Phi) is 3.51. The van der Waals surface area contributed by atoms with Gasteiger partial charge in [-0.25, -0.2) is 0 Å². The minimum absolute atomic E-state index is 0.142. The minimum atomic E-state index is 0.142. The first-order valence-electron chi connectivity index (χ1n) is 7.16. The highest BCUT2D eigenvalue weighted by Gasteiger charge is 2.38. The molecular formula is C15H21N3O. The number of pyridine rings is 1. The van der Waals surface area contributed by atoms with Crippen LogP contribution in [0.1, 0.15) is 25.3 Å². The van der Waals surface area contributed by atoms with Crippen LogP contribution in [0, 0.1) is 11.8 Å². The number of carbonyl (C=O) groups is 1. The zero-order valence-corrected chi connectivity index (χ0v) is 11.4. The summed E-state index contributed by atoms with van der Waals surface area (Å²) in [7, 11) is 0. The van der Waals surface area contributed by atoms with Gasteiger partial charge in [0.25, 0.3) is 0 Å². The molecule has 1 unspecified atom stereocenters. The van der Waals surface area contributed by atoms with E-state index < -0.39 is 0 Å². The predicted octanol–water partition coefficient (Wildman–Crippen LogP) is 1.43. The maximum Gasteiger partial charge on any atom is 0.226 e. The van der Waals surface area contributed by atoms with Crippen LogP contribution in [0.3, 0.4) is 0 Å². The van der Waals surface area contributed by atoms with E-state index in [1.54, 1.807) is 12.4 Å². The van der Waals surface area contributed by atoms with Gasteiger partial charge in [-0.1, -0.05) is 6.92 Å². The first-order valence-corrected chi connectivity index (χ1v) is 7.16. The lowest BCUT2D eigenvalue weighted by molar-refractivity contribution is -0.138. The summed E-state index contributed by atoms with van der Waals surface area (Å²) in [6.45, 7) is 4.79. The molecule has 1 aliphatic heterocycles. The van der Waals surface area contributed by atoms with Crippen LogP contribution in [-0.2, 0) is 11.3 Å². The number of amides is 1. The predicted molar refractivity (Wildman–Crippen MR) is 73.3 cm³/mol. The average molecular weight is 259 g/mol. The third-order valence-electron chi connectivity index (χ3n) is 4.28. The van der Waals surface area contributed by atoms with Gasteiger partial charge >= 0.3 is 0 Å². The molecule has 1 amide bonds. The van der Waals surface area contributed by atoms with Crippen molar-refractivity contribution in [3.63, 3.8) is 0 Å². The van der Waals surface area contributed by atoms with Gasteiger partial charge in [-0.3, -0.25) is 9.78 Å². The molecular weight excluding hydrogens is 238 g/mol. The zero-order valence-electron chi connectivity index (χ0n) is 11.4. The molecule has 4 nitrogen and oxygen atoms in total. The van der Waals surface area contributed by atoms with Crippen molar-refractivity contribution in [2.45, 2.75) is 32.4 Å². The molecule has 1 saturated heterocycles. The lowest BCUT2D eigenvalue weighted by atomic mass is 9.88. The van der Waals surface area contributed by atoms with Gasteiger partial charge in [-0.2, -0.15) is 0 Å². The molecule has 0 bridgehead atoms. The largest absolute Gasteiger partial charge is 0.335 e. The summed E-state index contributed by atoms with van der Waals surface area (Å²) in [5.41, 5.74) is 1.18. The second-order valence-corrected chi connectivity index (χ2v) is 5.76. The summed E-state index contributed by atoms with van der Waals surface area (Å²) in [6.07, 6.45) is 5.91. The molecule has 0 radical (unpaired) electrons. The molecule has 1 aromatic heterocycles. The fourth-order valence-electron chi connectivity index (χ4n) is 2.59. The molecule has 3 rings (SSSR count). The van der Waals surface area contributed by atoms with Crippen molar-refractivity contribution in [2.24, 2.45) is 11.8 Å². The molecule has 1 atom stereocenters. The van der Waals surface area contributed by atoms with Crippen molar-refractivity contribution in [1.29, 1.82) is 0 Å². The smallest absolute Gasteiger partial charge is 0.226 e. The molecule has 2 heterocycles. The van der Waals surface area contributed by atoms with Crippen molar-refractivity contribution in [3.05, 3.63) is 30.1 Å². The van der Waals surface area contributed by atoms with E-state index in [4.69, 9.17) is 0 Å². The van der Waals surface area contributed by atoms with E-state index in [-0.39, 0.29) is 5.92 Å². The fourth-order valence-corrected chi connectivity index (χ4v) is 2.59. The molecule has 1 aliphatic carbocycles. The highest BCUT2D eigenvalue weighted by molar-refractivity contribution is 5.79. The quantitative estimate of drug-likeness (QED) is 0.870. The molecule has 1 saturated carbocycles. The van der Waals surface area contributed by atoms with Crippen LogP contribution in [0.15, 0.2) is 24.5 Å². The molecule has 102 valence electrons. The van der Waals surface area contributed by atoms with Gasteiger partial charge in [0, 0.05) is 30.9 Å². The van der Waals surface area contributed by atoms with Gasteiger partial charge in [0.05, 0.1) is 0 Å². The third-order valence-corrected chi connectivity index (χ3v) is 4.28. The highest BCUT2D eigenvalue weighted by atomic mass is 16.2. The van der Waals surface area contributed by atoms with Crippen LogP contribution in [-0.4, -0.2) is 34.9 Å². The normalized spacial score (nSPS) is 20.7. The van der Waals surface area contributed by atoms with Gasteiger partial charge in [0.2, 0.25) is 5.91 Å². The van der Waals surface area contributed by atoms with E-state index in [9.17, 15) is 4.79 Å². The number of nitrogens with one attached hydrogen (secondary N) is 1. The van der Waals surface area contributed by atoms with Gasteiger partial charge in [0.1, 0.15) is 0 Å². The number of rotatable bonds is 5. The van der Waals surface area contributed by atoms with Gasteiger partial charge in [-0.15, -0.1) is 0 Å². The van der Waals surface area contributed by atoms with Crippen LogP contribution in [0.5, 0.6) is 0 Å². The summed E-state index contributed by atoms with van der Waals surface area (Å²) in [5.74, 6) is 0.987. The van der Waals surface area contributed by atoms with E-state index in [1.165, 1.54) is 5.56 Å². The Hall–Kier alpha value is -1.42. The Morgan fingerprint density at radius 1 is 1.42 bits per heavy atom. The van der Waals surface area contributed by atoms with Crippen molar-refractivity contribution in [1.82, 2.24) is 15.2 Å². The maximum absolute atomic E-state index is 12.6. The minimum Gasteiger partial charge on any atom is -0.335 e. The zero-order chi connectivity index (χ0) is 13.2. The summed E-state index contributed by atoms with van der Waals surface area (Å²) >= 11 is 0. The molecule has 1 aromatic rings. The topological polar surface area (TPSA) is 45.2 Å². The number of aromatic nitrogens is 1. The van der Waals surface area contributed by atoms with Crippen molar-refractivity contribution >= 4 is 5.91 Å². The van der Waals surface area contributed by atoms with Crippen LogP contribution in [0.2, 0.25) is 0 Å². The SMILES string of the molecule is CC(C(=O)N(Cc1ccncc1)C1CC1)C1CNC1. The Morgan fingerprint density at radius 2 is 2.11 bits per heavy atom. The number of carbonyl (C=O) groups excluding carboxylic acids is 1. The van der Waals surface area contributed by atoms with Crippen LogP contribution < -0.4 is 5.32 Å². The van der Waals surface area contributed by atoms with Gasteiger partial charge in [-0.05, 0) is 49.5 Å². The number of hydrogen-bond donors (Lipinski definition) is 1. The van der Waals surface area contributed by atoms with E-state index >= 15 is 0 Å². The molecule has 2 aliphatic rings. The highest BCUT2D eigenvalue weighted by Crippen LogP contribution is 2.31. The molecule has 0 aromatic carbocycles. The summed E-state index contributed by atoms with van der Waals surface area (Å²) < 4.78 is 0. The van der Waals surface area contributed by atoms with E-state index in [0.29, 0.717) is 17.9 Å².